The maximum Gasteiger partial charge on any atom is 0.261 e. The third-order valence-corrected chi connectivity index (χ3v) is 5.66. The summed E-state index contributed by atoms with van der Waals surface area (Å²) in [6.45, 7) is 2.43. The van der Waals surface area contributed by atoms with Gasteiger partial charge in [-0.3, -0.25) is 4.79 Å². The monoisotopic (exact) mass is 392 g/mol. The van der Waals surface area contributed by atoms with Crippen LogP contribution in [0.5, 0.6) is 11.5 Å². The van der Waals surface area contributed by atoms with Crippen LogP contribution in [-0.4, -0.2) is 25.1 Å². The average molecular weight is 392 g/mol. The number of carbonyl (C=O) groups excluding carboxylic acids is 1. The molecular formula is C22H20N2O3S. The van der Waals surface area contributed by atoms with Crippen molar-refractivity contribution >= 4 is 38.4 Å². The third-order valence-electron chi connectivity index (χ3n) is 4.61. The van der Waals surface area contributed by atoms with Crippen LogP contribution in [0, 0.1) is 6.92 Å². The summed E-state index contributed by atoms with van der Waals surface area (Å²) in [5.74, 6) is 1.27. The zero-order chi connectivity index (χ0) is 19.7. The Balaban J connectivity index is 1.56. The molecule has 4 rings (SSSR count). The average Bonchev–Trinajstić information content (AvgIpc) is 3.13. The van der Waals surface area contributed by atoms with Crippen LogP contribution in [0.2, 0.25) is 0 Å². The highest BCUT2D eigenvalue weighted by molar-refractivity contribution is 7.20. The van der Waals surface area contributed by atoms with Crippen molar-refractivity contribution in [2.75, 3.05) is 14.2 Å². The number of methoxy groups -OCH3 is 2. The van der Waals surface area contributed by atoms with Gasteiger partial charge in [0, 0.05) is 28.9 Å². The molecule has 0 radical (unpaired) electrons. The highest BCUT2D eigenvalue weighted by Crippen LogP contribution is 2.28. The first-order valence-electron chi connectivity index (χ1n) is 8.87. The molecule has 5 nitrogen and oxygen atoms in total. The molecule has 0 spiro atoms. The number of pyridine rings is 1. The summed E-state index contributed by atoms with van der Waals surface area (Å²) in [6, 6.07) is 15.7. The molecule has 2 aromatic heterocycles. The number of aromatic nitrogens is 1. The molecule has 28 heavy (non-hydrogen) atoms. The minimum absolute atomic E-state index is 0.124. The number of nitrogens with one attached hydrogen (secondary N) is 1. The van der Waals surface area contributed by atoms with Crippen molar-refractivity contribution in [1.82, 2.24) is 10.3 Å². The van der Waals surface area contributed by atoms with E-state index in [1.807, 2.05) is 30.3 Å². The van der Waals surface area contributed by atoms with E-state index in [0.717, 1.165) is 26.7 Å². The van der Waals surface area contributed by atoms with Crippen molar-refractivity contribution in [2.24, 2.45) is 0 Å². The molecule has 1 N–H and O–H groups in total. The normalized spacial score (nSPS) is 11.0. The van der Waals surface area contributed by atoms with Crippen LogP contribution in [0.15, 0.2) is 48.5 Å². The van der Waals surface area contributed by atoms with Crippen molar-refractivity contribution in [1.29, 1.82) is 0 Å². The van der Waals surface area contributed by atoms with E-state index in [9.17, 15) is 4.79 Å². The molecule has 2 aromatic carbocycles. The van der Waals surface area contributed by atoms with Crippen LogP contribution in [0.25, 0.3) is 21.1 Å². The van der Waals surface area contributed by atoms with Crippen LogP contribution >= 0.6 is 11.3 Å². The first kappa shape index (κ1) is 18.3. The molecular weight excluding hydrogens is 372 g/mol. The van der Waals surface area contributed by atoms with Gasteiger partial charge >= 0.3 is 0 Å². The summed E-state index contributed by atoms with van der Waals surface area (Å²) in [5.41, 5.74) is 3.02. The first-order valence-corrected chi connectivity index (χ1v) is 9.69. The van der Waals surface area contributed by atoms with Gasteiger partial charge in [-0.15, -0.1) is 11.3 Å². The highest BCUT2D eigenvalue weighted by Gasteiger charge is 2.13. The Morgan fingerprint density at radius 3 is 2.68 bits per heavy atom. The molecule has 1 amide bonds. The van der Waals surface area contributed by atoms with E-state index < -0.39 is 0 Å². The van der Waals surface area contributed by atoms with Crippen molar-refractivity contribution < 1.29 is 14.3 Å². The van der Waals surface area contributed by atoms with Crippen molar-refractivity contribution in [2.45, 2.75) is 13.5 Å². The van der Waals surface area contributed by atoms with E-state index in [1.165, 1.54) is 16.9 Å². The molecule has 2 heterocycles. The topological polar surface area (TPSA) is 60.5 Å². The fraction of sp³-hybridized carbons (Fsp3) is 0.182. The molecule has 6 heteroatoms. The molecule has 0 saturated carbocycles. The largest absolute Gasteiger partial charge is 0.497 e. The van der Waals surface area contributed by atoms with E-state index in [-0.39, 0.29) is 5.91 Å². The number of hydrogen-bond donors (Lipinski definition) is 1. The number of fused-ring (bicyclic) bond motifs is 2. The number of carbonyl (C=O) groups is 1. The predicted octanol–water partition coefficient (Wildman–Crippen LogP) is 4.71. The molecule has 0 bridgehead atoms. The van der Waals surface area contributed by atoms with E-state index in [4.69, 9.17) is 14.5 Å². The zero-order valence-corrected chi connectivity index (χ0v) is 16.7. The standard InChI is InChI=1S/C22H20N2O3S/c1-13-4-7-18-15(8-13)9-16-10-20(28-22(16)24-18)21(25)23-12-14-5-6-17(26-2)11-19(14)27-3/h4-11H,12H2,1-3H3,(H,23,25). The van der Waals surface area contributed by atoms with Gasteiger partial charge in [0.05, 0.1) is 24.6 Å². The molecule has 0 atom stereocenters. The molecule has 0 aliphatic heterocycles. The molecule has 4 aromatic rings. The molecule has 0 aliphatic carbocycles. The Hall–Kier alpha value is -3.12. The lowest BCUT2D eigenvalue weighted by Gasteiger charge is -2.11. The number of hydrogen-bond acceptors (Lipinski definition) is 5. The second-order valence-corrected chi connectivity index (χ2v) is 7.58. The Bertz CT molecular complexity index is 1180. The maximum absolute atomic E-state index is 12.7. The minimum Gasteiger partial charge on any atom is -0.497 e. The SMILES string of the molecule is COc1ccc(CNC(=O)c2cc3cc4cc(C)ccc4nc3s2)c(OC)c1. The minimum atomic E-state index is -0.124. The van der Waals surface area contributed by atoms with Gasteiger partial charge in [-0.25, -0.2) is 4.98 Å². The van der Waals surface area contributed by atoms with E-state index in [2.05, 4.69) is 24.4 Å². The van der Waals surface area contributed by atoms with Gasteiger partial charge in [0.1, 0.15) is 16.3 Å². The summed E-state index contributed by atoms with van der Waals surface area (Å²) in [7, 11) is 3.21. The van der Waals surface area contributed by atoms with Gasteiger partial charge in [-0.1, -0.05) is 11.6 Å². The lowest BCUT2D eigenvalue weighted by atomic mass is 10.1. The van der Waals surface area contributed by atoms with Crippen molar-refractivity contribution in [3.05, 3.63) is 64.5 Å². The van der Waals surface area contributed by atoms with Gasteiger partial charge < -0.3 is 14.8 Å². The Kier molecular flexibility index (Phi) is 4.88. The smallest absolute Gasteiger partial charge is 0.261 e. The van der Waals surface area contributed by atoms with Crippen LogP contribution < -0.4 is 14.8 Å². The Morgan fingerprint density at radius 1 is 1.04 bits per heavy atom. The lowest BCUT2D eigenvalue weighted by molar-refractivity contribution is 0.0955. The number of rotatable bonds is 5. The lowest BCUT2D eigenvalue weighted by Crippen LogP contribution is -2.22. The number of amides is 1. The summed E-state index contributed by atoms with van der Waals surface area (Å²) in [4.78, 5) is 18.9. The summed E-state index contributed by atoms with van der Waals surface area (Å²) in [6.07, 6.45) is 0. The van der Waals surface area contributed by atoms with E-state index in [1.54, 1.807) is 20.3 Å². The van der Waals surface area contributed by atoms with Crippen LogP contribution in [0.4, 0.5) is 0 Å². The molecule has 0 saturated heterocycles. The summed E-state index contributed by atoms with van der Waals surface area (Å²) < 4.78 is 10.6. The molecule has 0 unspecified atom stereocenters. The first-order chi connectivity index (χ1) is 13.6. The summed E-state index contributed by atoms with van der Waals surface area (Å²) >= 11 is 1.40. The van der Waals surface area contributed by atoms with Crippen LogP contribution in [0.1, 0.15) is 20.8 Å². The van der Waals surface area contributed by atoms with E-state index in [0.29, 0.717) is 22.9 Å². The summed E-state index contributed by atoms with van der Waals surface area (Å²) in [5, 5.41) is 5.03. The molecule has 142 valence electrons. The zero-order valence-electron chi connectivity index (χ0n) is 15.9. The van der Waals surface area contributed by atoms with Gasteiger partial charge in [-0.2, -0.15) is 0 Å². The number of thiophene rings is 1. The van der Waals surface area contributed by atoms with Gasteiger partial charge in [0.15, 0.2) is 0 Å². The number of aryl methyl sites for hydroxylation is 1. The van der Waals surface area contributed by atoms with Crippen molar-refractivity contribution in [3.63, 3.8) is 0 Å². The van der Waals surface area contributed by atoms with Gasteiger partial charge in [0.25, 0.3) is 5.91 Å². The maximum atomic E-state index is 12.7. The Morgan fingerprint density at radius 2 is 1.89 bits per heavy atom. The second-order valence-electron chi connectivity index (χ2n) is 6.55. The fourth-order valence-electron chi connectivity index (χ4n) is 3.13. The van der Waals surface area contributed by atoms with Gasteiger partial charge in [0.2, 0.25) is 0 Å². The van der Waals surface area contributed by atoms with Crippen LogP contribution in [-0.2, 0) is 6.54 Å². The van der Waals surface area contributed by atoms with Gasteiger partial charge in [-0.05, 0) is 43.3 Å². The third kappa shape index (κ3) is 3.51. The Labute approximate surface area is 166 Å². The van der Waals surface area contributed by atoms with Crippen LogP contribution in [0.3, 0.4) is 0 Å². The second kappa shape index (κ2) is 7.48. The van der Waals surface area contributed by atoms with Crippen molar-refractivity contribution in [3.8, 4) is 11.5 Å². The number of benzene rings is 2. The predicted molar refractivity (Wildman–Crippen MR) is 113 cm³/mol. The van der Waals surface area contributed by atoms with E-state index >= 15 is 0 Å². The highest BCUT2D eigenvalue weighted by atomic mass is 32.1. The fourth-order valence-corrected chi connectivity index (χ4v) is 4.07. The molecule has 0 fully saturated rings. The molecule has 0 aliphatic rings. The number of ether oxygens (including phenoxy) is 2. The quantitative estimate of drug-likeness (QED) is 0.535. The number of nitrogens with zero attached hydrogens (tertiary/aromatic N) is 1.